The molecular formula is C108H70N10. The number of fused-ring (bicyclic) bond motifs is 12. The Hall–Kier alpha value is -16.0. The zero-order valence-electron chi connectivity index (χ0n) is 63.9. The summed E-state index contributed by atoms with van der Waals surface area (Å²) in [5.74, 6) is 3.82. The lowest BCUT2D eigenvalue weighted by Gasteiger charge is -2.12. The van der Waals surface area contributed by atoms with Gasteiger partial charge in [-0.25, -0.2) is 29.9 Å². The van der Waals surface area contributed by atoms with Crippen molar-refractivity contribution in [2.24, 2.45) is 0 Å². The first kappa shape index (κ1) is 68.7. The van der Waals surface area contributed by atoms with Crippen LogP contribution in [0.4, 0.5) is 0 Å². The second kappa shape index (κ2) is 29.2. The molecule has 0 bridgehead atoms. The zero-order chi connectivity index (χ0) is 78.0. The van der Waals surface area contributed by atoms with Crippen molar-refractivity contribution in [3.8, 4) is 124 Å². The second-order valence-electron chi connectivity index (χ2n) is 29.7. The predicted molar refractivity (Wildman–Crippen MR) is 486 cm³/mol. The summed E-state index contributed by atoms with van der Waals surface area (Å²) in [6, 6.07) is 150. The maximum absolute atomic E-state index is 5.13. The molecule has 0 spiro atoms. The standard InChI is InChI=1S/C57H37N5.C51H33N5/c1-4-16-38(17-5-1)39-30-32-41(33-31-39)56-58-55(40-18-6-2-7-19-40)59-57(60-56)43-21-14-20-42(36-43)46-26-15-29-52-54(46)49-25-11-13-28-51(49)62(52)45-34-35-48-47-24-10-12-27-50(47)61(53(48)37-45)44-22-8-3-9-23-44;1-4-15-34(16-5-1)49-52-50(35-17-6-2-7-18-35)54-51(53-49)38-20-14-19-36(31-38)37-27-29-43-41-23-10-12-25-45(41)56(48(43)32-37)40-28-30-47-44(33-40)42-24-11-13-26-46(42)55(47)39-21-8-3-9-22-39/h1-37H;1-33H. The predicted octanol–water partition coefficient (Wildman–Crippen LogP) is 27.1. The average molecular weight is 1510 g/mol. The molecule has 0 N–H and O–H groups in total. The molecule has 0 aliphatic carbocycles. The lowest BCUT2D eigenvalue weighted by Crippen LogP contribution is -2.00. The van der Waals surface area contributed by atoms with Crippen LogP contribution in [0.5, 0.6) is 0 Å². The fourth-order valence-electron chi connectivity index (χ4n) is 17.3. The number of nitrogens with zero attached hydrogens (tertiary/aromatic N) is 10. The Morgan fingerprint density at radius 1 is 0.136 bits per heavy atom. The van der Waals surface area contributed by atoms with Gasteiger partial charge in [0.1, 0.15) is 0 Å². The third kappa shape index (κ3) is 12.2. The van der Waals surface area contributed by atoms with Crippen LogP contribution in [-0.2, 0) is 0 Å². The fraction of sp³-hybridized carbons (Fsp3) is 0. The van der Waals surface area contributed by atoms with Crippen molar-refractivity contribution >= 4 is 87.2 Å². The van der Waals surface area contributed by atoms with E-state index in [9.17, 15) is 0 Å². The molecule has 0 fully saturated rings. The van der Waals surface area contributed by atoms with E-state index in [4.69, 9.17) is 29.9 Å². The van der Waals surface area contributed by atoms with Gasteiger partial charge in [0.15, 0.2) is 34.9 Å². The molecule has 23 aromatic rings. The number of aromatic nitrogens is 10. The molecule has 0 aliphatic rings. The van der Waals surface area contributed by atoms with Crippen LogP contribution >= 0.6 is 0 Å². The fourth-order valence-corrected chi connectivity index (χ4v) is 17.3. The van der Waals surface area contributed by atoms with Gasteiger partial charge in [-0.1, -0.05) is 322 Å². The first-order chi connectivity index (χ1) is 58.5. The first-order valence-corrected chi connectivity index (χ1v) is 39.8. The van der Waals surface area contributed by atoms with Gasteiger partial charge in [-0.15, -0.1) is 0 Å². The highest BCUT2D eigenvalue weighted by Gasteiger charge is 2.23. The third-order valence-corrected chi connectivity index (χ3v) is 22.7. The van der Waals surface area contributed by atoms with Crippen molar-refractivity contribution in [3.05, 3.63) is 425 Å². The molecule has 552 valence electrons. The number of rotatable bonds is 13. The highest BCUT2D eigenvalue weighted by atomic mass is 15.1. The van der Waals surface area contributed by atoms with E-state index in [0.29, 0.717) is 34.9 Å². The van der Waals surface area contributed by atoms with E-state index in [1.54, 1.807) is 0 Å². The summed E-state index contributed by atoms with van der Waals surface area (Å²) < 4.78 is 9.58. The molecule has 23 rings (SSSR count). The smallest absolute Gasteiger partial charge is 0.164 e. The zero-order valence-corrected chi connectivity index (χ0v) is 63.9. The maximum atomic E-state index is 5.13. The molecule has 6 heterocycles. The van der Waals surface area contributed by atoms with E-state index in [1.165, 1.54) is 76.2 Å². The molecule has 0 saturated carbocycles. The molecule has 0 radical (unpaired) electrons. The van der Waals surface area contributed by atoms with E-state index in [0.717, 1.165) is 100 Å². The Kier molecular flexibility index (Phi) is 17.0. The second-order valence-corrected chi connectivity index (χ2v) is 29.7. The lowest BCUT2D eigenvalue weighted by atomic mass is 9.97. The summed E-state index contributed by atoms with van der Waals surface area (Å²) in [7, 11) is 0. The van der Waals surface area contributed by atoms with Crippen molar-refractivity contribution in [1.29, 1.82) is 0 Å². The van der Waals surface area contributed by atoms with Crippen LogP contribution in [0.2, 0.25) is 0 Å². The molecule has 17 aromatic carbocycles. The molecule has 10 nitrogen and oxygen atoms in total. The lowest BCUT2D eigenvalue weighted by molar-refractivity contribution is 1.07. The van der Waals surface area contributed by atoms with Crippen molar-refractivity contribution < 1.29 is 0 Å². The van der Waals surface area contributed by atoms with Crippen LogP contribution in [0.1, 0.15) is 0 Å². The van der Waals surface area contributed by atoms with Crippen molar-refractivity contribution in [2.75, 3.05) is 0 Å². The summed E-state index contributed by atoms with van der Waals surface area (Å²) in [5, 5.41) is 9.75. The number of hydrogen-bond acceptors (Lipinski definition) is 6. The van der Waals surface area contributed by atoms with Gasteiger partial charge < -0.3 is 18.3 Å². The highest BCUT2D eigenvalue weighted by molar-refractivity contribution is 6.17. The average Bonchev–Trinajstić information content (AvgIpc) is 1.57. The molecule has 0 unspecified atom stereocenters. The van der Waals surface area contributed by atoms with Crippen molar-refractivity contribution in [3.63, 3.8) is 0 Å². The van der Waals surface area contributed by atoms with Gasteiger partial charge in [0.2, 0.25) is 0 Å². The maximum Gasteiger partial charge on any atom is 0.164 e. The Morgan fingerprint density at radius 2 is 0.424 bits per heavy atom. The Bertz CT molecular complexity index is 7710. The van der Waals surface area contributed by atoms with Gasteiger partial charge in [0.25, 0.3) is 0 Å². The van der Waals surface area contributed by atoms with Gasteiger partial charge in [-0.05, 0) is 137 Å². The van der Waals surface area contributed by atoms with Gasteiger partial charge in [-0.2, -0.15) is 0 Å². The Morgan fingerprint density at radius 3 is 0.949 bits per heavy atom. The summed E-state index contributed by atoms with van der Waals surface area (Å²) in [6.07, 6.45) is 0. The minimum atomic E-state index is 0.625. The minimum absolute atomic E-state index is 0.625. The number of hydrogen-bond donors (Lipinski definition) is 0. The van der Waals surface area contributed by atoms with Gasteiger partial charge in [0, 0.05) is 99.2 Å². The molecule has 10 heteroatoms. The minimum Gasteiger partial charge on any atom is -0.309 e. The Balaban J connectivity index is 0.000000143. The van der Waals surface area contributed by atoms with E-state index in [1.807, 2.05) is 97.1 Å². The largest absolute Gasteiger partial charge is 0.309 e. The quantitative estimate of drug-likeness (QED) is 0.114. The van der Waals surface area contributed by atoms with E-state index in [2.05, 4.69) is 346 Å². The topological polar surface area (TPSA) is 97.1 Å². The highest BCUT2D eigenvalue weighted by Crippen LogP contribution is 2.44. The molecule has 6 aromatic heterocycles. The molecule has 118 heavy (non-hydrogen) atoms. The van der Waals surface area contributed by atoms with Crippen LogP contribution in [0.25, 0.3) is 212 Å². The SMILES string of the molecule is c1ccc(-c2ccc(-c3nc(-c4ccccc4)nc(-c4cccc(-c5cccc6c5c5ccccc5n6-c5ccc6c7ccccc7n(-c7ccccc7)c6c5)c4)n3)cc2)cc1.c1ccc(-c2nc(-c3ccccc3)nc(-c3cccc(-c4ccc5c6ccccc6n(-c6ccc7c(c6)c6ccccc6n7-c6ccccc6)c5c4)c3)n2)cc1. The third-order valence-electron chi connectivity index (χ3n) is 22.7. The summed E-state index contributed by atoms with van der Waals surface area (Å²) in [4.78, 5) is 30.2. The first-order valence-electron chi connectivity index (χ1n) is 39.8. The molecular weight excluding hydrogens is 1440 g/mol. The van der Waals surface area contributed by atoms with Crippen LogP contribution in [0.15, 0.2) is 425 Å². The van der Waals surface area contributed by atoms with E-state index < -0.39 is 0 Å². The van der Waals surface area contributed by atoms with Crippen LogP contribution in [0.3, 0.4) is 0 Å². The number of para-hydroxylation sites is 6. The van der Waals surface area contributed by atoms with Crippen LogP contribution in [0, 0.1) is 0 Å². The molecule has 0 saturated heterocycles. The van der Waals surface area contributed by atoms with Crippen molar-refractivity contribution in [2.45, 2.75) is 0 Å². The van der Waals surface area contributed by atoms with E-state index >= 15 is 0 Å². The Labute approximate surface area is 680 Å². The summed E-state index contributed by atoms with van der Waals surface area (Å²) in [5.41, 5.74) is 26.3. The van der Waals surface area contributed by atoms with E-state index in [-0.39, 0.29) is 0 Å². The molecule has 0 aliphatic heterocycles. The van der Waals surface area contributed by atoms with Crippen LogP contribution < -0.4 is 0 Å². The van der Waals surface area contributed by atoms with Gasteiger partial charge in [-0.3, -0.25) is 0 Å². The molecule has 0 atom stereocenters. The number of benzene rings is 17. The van der Waals surface area contributed by atoms with Crippen LogP contribution in [-0.4, -0.2) is 48.2 Å². The monoisotopic (exact) mass is 1510 g/mol. The summed E-state index contributed by atoms with van der Waals surface area (Å²) in [6.45, 7) is 0. The van der Waals surface area contributed by atoms with Crippen molar-refractivity contribution in [1.82, 2.24) is 48.2 Å². The normalized spacial score (nSPS) is 11.6. The van der Waals surface area contributed by atoms with Gasteiger partial charge in [0.05, 0.1) is 44.1 Å². The van der Waals surface area contributed by atoms with Gasteiger partial charge >= 0.3 is 0 Å². The molecule has 0 amide bonds. The summed E-state index contributed by atoms with van der Waals surface area (Å²) >= 11 is 0.